The number of rotatable bonds is 3. The molecular weight excluding hydrogens is 271 g/mol. The molecular formula is C14H12F3NO2. The van der Waals surface area contributed by atoms with E-state index in [9.17, 15) is 13.2 Å². The van der Waals surface area contributed by atoms with Gasteiger partial charge >= 0.3 is 6.36 Å². The van der Waals surface area contributed by atoms with Crippen LogP contribution in [-0.2, 0) is 0 Å². The van der Waals surface area contributed by atoms with Crippen molar-refractivity contribution in [2.75, 3.05) is 12.8 Å². The van der Waals surface area contributed by atoms with Gasteiger partial charge in [-0.1, -0.05) is 12.1 Å². The minimum Gasteiger partial charge on any atom is -0.497 e. The molecule has 0 saturated carbocycles. The van der Waals surface area contributed by atoms with Crippen LogP contribution in [-0.4, -0.2) is 13.5 Å². The topological polar surface area (TPSA) is 44.5 Å². The summed E-state index contributed by atoms with van der Waals surface area (Å²) >= 11 is 0. The van der Waals surface area contributed by atoms with Gasteiger partial charge in [0.05, 0.1) is 7.11 Å². The number of hydrogen-bond donors (Lipinski definition) is 1. The number of hydrogen-bond acceptors (Lipinski definition) is 3. The van der Waals surface area contributed by atoms with E-state index in [1.54, 1.807) is 30.3 Å². The number of halogens is 3. The van der Waals surface area contributed by atoms with Gasteiger partial charge in [-0.2, -0.15) is 0 Å². The van der Waals surface area contributed by atoms with Gasteiger partial charge < -0.3 is 15.2 Å². The van der Waals surface area contributed by atoms with Crippen molar-refractivity contribution in [3.8, 4) is 22.6 Å². The second-order valence-electron chi connectivity index (χ2n) is 4.07. The zero-order chi connectivity index (χ0) is 14.8. The fourth-order valence-electron chi connectivity index (χ4n) is 1.76. The lowest BCUT2D eigenvalue weighted by atomic mass is 10.0. The van der Waals surface area contributed by atoms with E-state index in [2.05, 4.69) is 4.74 Å². The first-order valence-electron chi connectivity index (χ1n) is 5.68. The Morgan fingerprint density at radius 1 is 0.900 bits per heavy atom. The van der Waals surface area contributed by atoms with Crippen LogP contribution >= 0.6 is 0 Å². The normalized spacial score (nSPS) is 11.2. The zero-order valence-corrected chi connectivity index (χ0v) is 10.6. The molecule has 2 rings (SSSR count). The van der Waals surface area contributed by atoms with Crippen molar-refractivity contribution in [3.63, 3.8) is 0 Å². The molecule has 0 fully saturated rings. The molecule has 6 heteroatoms. The van der Waals surface area contributed by atoms with Crippen molar-refractivity contribution < 1.29 is 22.6 Å². The Bertz CT molecular complexity index is 594. The van der Waals surface area contributed by atoms with Gasteiger partial charge in [0.1, 0.15) is 11.5 Å². The summed E-state index contributed by atoms with van der Waals surface area (Å²) in [5, 5.41) is 0. The third-order valence-corrected chi connectivity index (χ3v) is 2.59. The Morgan fingerprint density at radius 3 is 2.10 bits per heavy atom. The van der Waals surface area contributed by atoms with Crippen LogP contribution in [0.3, 0.4) is 0 Å². The van der Waals surface area contributed by atoms with E-state index >= 15 is 0 Å². The quantitative estimate of drug-likeness (QED) is 0.870. The molecule has 20 heavy (non-hydrogen) atoms. The van der Waals surface area contributed by atoms with E-state index < -0.39 is 6.36 Å². The van der Waals surface area contributed by atoms with Crippen molar-refractivity contribution >= 4 is 5.69 Å². The molecule has 0 aliphatic heterocycles. The SMILES string of the molecule is COc1ccc(-c2cc(N)cc(OC(F)(F)F)c2)cc1. The highest BCUT2D eigenvalue weighted by Gasteiger charge is 2.31. The molecule has 0 radical (unpaired) electrons. The van der Waals surface area contributed by atoms with E-state index in [0.717, 1.165) is 6.07 Å². The predicted octanol–water partition coefficient (Wildman–Crippen LogP) is 3.84. The van der Waals surface area contributed by atoms with Gasteiger partial charge in [-0.15, -0.1) is 13.2 Å². The summed E-state index contributed by atoms with van der Waals surface area (Å²) < 4.78 is 45.6. The molecule has 2 aromatic carbocycles. The second kappa shape index (κ2) is 5.32. The number of ether oxygens (including phenoxy) is 2. The van der Waals surface area contributed by atoms with Gasteiger partial charge in [0, 0.05) is 11.8 Å². The Hall–Kier alpha value is -2.37. The fraction of sp³-hybridized carbons (Fsp3) is 0.143. The Labute approximate surface area is 113 Å². The lowest BCUT2D eigenvalue weighted by Gasteiger charge is -2.11. The Balaban J connectivity index is 2.35. The molecule has 0 aliphatic carbocycles. The highest BCUT2D eigenvalue weighted by Crippen LogP contribution is 2.31. The van der Waals surface area contributed by atoms with Gasteiger partial charge in [0.15, 0.2) is 0 Å². The van der Waals surface area contributed by atoms with Crippen molar-refractivity contribution in [1.29, 1.82) is 0 Å². The van der Waals surface area contributed by atoms with Crippen LogP contribution in [0.2, 0.25) is 0 Å². The van der Waals surface area contributed by atoms with Gasteiger partial charge in [0.2, 0.25) is 0 Å². The first-order chi connectivity index (χ1) is 9.37. The molecule has 0 aromatic heterocycles. The lowest BCUT2D eigenvalue weighted by molar-refractivity contribution is -0.274. The second-order valence-corrected chi connectivity index (χ2v) is 4.07. The van der Waals surface area contributed by atoms with Crippen molar-refractivity contribution in [3.05, 3.63) is 42.5 Å². The summed E-state index contributed by atoms with van der Waals surface area (Å²) in [4.78, 5) is 0. The van der Waals surface area contributed by atoms with Crippen LogP contribution in [0.15, 0.2) is 42.5 Å². The Morgan fingerprint density at radius 2 is 1.55 bits per heavy atom. The van der Waals surface area contributed by atoms with Gasteiger partial charge in [-0.3, -0.25) is 0 Å². The van der Waals surface area contributed by atoms with Crippen molar-refractivity contribution in [2.24, 2.45) is 0 Å². The fourth-order valence-corrected chi connectivity index (χ4v) is 1.76. The van der Waals surface area contributed by atoms with E-state index in [4.69, 9.17) is 10.5 Å². The highest BCUT2D eigenvalue weighted by atomic mass is 19.4. The maximum absolute atomic E-state index is 12.2. The lowest BCUT2D eigenvalue weighted by Crippen LogP contribution is -2.17. The third kappa shape index (κ3) is 3.57. The summed E-state index contributed by atoms with van der Waals surface area (Å²) in [6, 6.07) is 10.9. The molecule has 0 unspecified atom stereocenters. The van der Waals surface area contributed by atoms with E-state index in [-0.39, 0.29) is 11.4 Å². The van der Waals surface area contributed by atoms with Crippen LogP contribution in [0.4, 0.5) is 18.9 Å². The summed E-state index contributed by atoms with van der Waals surface area (Å²) in [6.07, 6.45) is -4.75. The van der Waals surface area contributed by atoms with Crippen LogP contribution in [0.25, 0.3) is 11.1 Å². The Kier molecular flexibility index (Phi) is 3.74. The first kappa shape index (κ1) is 14.0. The minimum atomic E-state index is -4.75. The summed E-state index contributed by atoms with van der Waals surface area (Å²) in [6.45, 7) is 0. The van der Waals surface area contributed by atoms with Crippen LogP contribution in [0.5, 0.6) is 11.5 Å². The molecule has 0 atom stereocenters. The summed E-state index contributed by atoms with van der Waals surface area (Å²) in [5.41, 5.74) is 7.04. The molecule has 0 saturated heterocycles. The minimum absolute atomic E-state index is 0.192. The number of anilines is 1. The largest absolute Gasteiger partial charge is 0.573 e. The highest BCUT2D eigenvalue weighted by molar-refractivity contribution is 5.70. The standard InChI is InChI=1S/C14H12F3NO2/c1-19-12-4-2-9(3-5-12)10-6-11(18)8-13(7-10)20-14(15,16)17/h2-8H,18H2,1H3. The first-order valence-corrected chi connectivity index (χ1v) is 5.68. The van der Waals surface area contributed by atoms with Crippen LogP contribution in [0.1, 0.15) is 0 Å². The number of methoxy groups -OCH3 is 1. The summed E-state index contributed by atoms with van der Waals surface area (Å²) in [7, 11) is 1.53. The molecule has 0 heterocycles. The maximum Gasteiger partial charge on any atom is 0.573 e. The molecule has 2 aromatic rings. The van der Waals surface area contributed by atoms with Crippen LogP contribution < -0.4 is 15.2 Å². The van der Waals surface area contributed by atoms with E-state index in [1.165, 1.54) is 13.2 Å². The van der Waals surface area contributed by atoms with Crippen molar-refractivity contribution in [1.82, 2.24) is 0 Å². The van der Waals surface area contributed by atoms with E-state index in [1.807, 2.05) is 0 Å². The number of nitrogens with two attached hydrogens (primary N) is 1. The predicted molar refractivity (Wildman–Crippen MR) is 69.5 cm³/mol. The molecule has 106 valence electrons. The van der Waals surface area contributed by atoms with Gasteiger partial charge in [-0.25, -0.2) is 0 Å². The molecule has 0 bridgehead atoms. The molecule has 2 N–H and O–H groups in total. The van der Waals surface area contributed by atoms with Crippen molar-refractivity contribution in [2.45, 2.75) is 6.36 Å². The van der Waals surface area contributed by atoms with Gasteiger partial charge in [0.25, 0.3) is 0 Å². The monoisotopic (exact) mass is 283 g/mol. The summed E-state index contributed by atoms with van der Waals surface area (Å²) in [5.74, 6) is 0.313. The van der Waals surface area contributed by atoms with Gasteiger partial charge in [-0.05, 0) is 35.4 Å². The molecule has 0 spiro atoms. The number of alkyl halides is 3. The third-order valence-electron chi connectivity index (χ3n) is 2.59. The molecule has 0 amide bonds. The smallest absolute Gasteiger partial charge is 0.497 e. The average Bonchev–Trinajstić information content (AvgIpc) is 2.36. The number of nitrogen functional groups attached to an aromatic ring is 1. The number of benzene rings is 2. The molecule has 3 nitrogen and oxygen atoms in total. The van der Waals surface area contributed by atoms with Crippen LogP contribution in [0, 0.1) is 0 Å². The maximum atomic E-state index is 12.2. The van der Waals surface area contributed by atoms with E-state index in [0.29, 0.717) is 16.9 Å². The molecule has 0 aliphatic rings. The average molecular weight is 283 g/mol. The zero-order valence-electron chi connectivity index (χ0n) is 10.6.